The van der Waals surface area contributed by atoms with Crippen LogP contribution >= 0.6 is 0 Å². The Hall–Kier alpha value is -2.13. The van der Waals surface area contributed by atoms with Crippen molar-refractivity contribution in [2.45, 2.75) is 40.4 Å². The number of aromatic nitrogens is 1. The van der Waals surface area contributed by atoms with Gasteiger partial charge in [-0.25, -0.2) is 0 Å². The van der Waals surface area contributed by atoms with E-state index in [9.17, 15) is 4.79 Å². The molecule has 120 valence electrons. The number of carbonyl (C=O) groups is 1. The van der Waals surface area contributed by atoms with E-state index in [2.05, 4.69) is 42.0 Å². The van der Waals surface area contributed by atoms with Crippen LogP contribution in [0, 0.1) is 20.8 Å². The Morgan fingerprint density at radius 3 is 2.57 bits per heavy atom. The zero-order chi connectivity index (χ0) is 16.6. The topological polar surface area (TPSA) is 25.2 Å². The summed E-state index contributed by atoms with van der Waals surface area (Å²) in [6.07, 6.45) is 2.91. The van der Waals surface area contributed by atoms with Crippen molar-refractivity contribution in [3.63, 3.8) is 0 Å². The lowest BCUT2D eigenvalue weighted by atomic mass is 10.00. The molecular weight excluding hydrogens is 284 g/mol. The van der Waals surface area contributed by atoms with Crippen molar-refractivity contribution >= 4 is 12.4 Å². The lowest BCUT2D eigenvalue weighted by Gasteiger charge is -2.30. The molecule has 0 radical (unpaired) electrons. The Bertz CT molecular complexity index is 770. The van der Waals surface area contributed by atoms with Gasteiger partial charge in [0, 0.05) is 43.1 Å². The summed E-state index contributed by atoms with van der Waals surface area (Å²) in [4.78, 5) is 13.6. The monoisotopic (exact) mass is 308 g/mol. The standard InChI is InChI=1S/C20H24N2O/c1-5-20-16(4)9-19-12-21(6-7-22(19)20)11-17-10-18(13-23)15(3)8-14(17)2/h5,8-10,13H,1,6-7,11-12H2,2-4H3. The fourth-order valence-electron chi connectivity index (χ4n) is 3.57. The highest BCUT2D eigenvalue weighted by atomic mass is 16.1. The zero-order valence-electron chi connectivity index (χ0n) is 14.2. The van der Waals surface area contributed by atoms with Gasteiger partial charge in [0.1, 0.15) is 6.29 Å². The van der Waals surface area contributed by atoms with E-state index in [0.717, 1.165) is 43.6 Å². The number of fused-ring (bicyclic) bond motifs is 1. The van der Waals surface area contributed by atoms with Crippen LogP contribution in [0.1, 0.15) is 44.0 Å². The molecule has 0 N–H and O–H groups in total. The molecule has 1 aromatic heterocycles. The highest BCUT2D eigenvalue weighted by Crippen LogP contribution is 2.24. The molecule has 2 aromatic rings. The van der Waals surface area contributed by atoms with Gasteiger partial charge in [-0.3, -0.25) is 9.69 Å². The highest BCUT2D eigenvalue weighted by Gasteiger charge is 2.20. The molecule has 3 nitrogen and oxygen atoms in total. The maximum atomic E-state index is 11.2. The van der Waals surface area contributed by atoms with E-state index in [4.69, 9.17) is 0 Å². The molecule has 0 atom stereocenters. The minimum absolute atomic E-state index is 0.802. The van der Waals surface area contributed by atoms with Crippen molar-refractivity contribution in [1.82, 2.24) is 9.47 Å². The van der Waals surface area contributed by atoms with Gasteiger partial charge in [-0.05, 0) is 61.2 Å². The van der Waals surface area contributed by atoms with Gasteiger partial charge in [-0.1, -0.05) is 12.6 Å². The number of carbonyl (C=O) groups excluding carboxylic acids is 1. The number of hydrogen-bond acceptors (Lipinski definition) is 2. The van der Waals surface area contributed by atoms with Crippen LogP contribution in [0.3, 0.4) is 0 Å². The summed E-state index contributed by atoms with van der Waals surface area (Å²) in [7, 11) is 0. The molecule has 0 amide bonds. The molecule has 3 rings (SSSR count). The van der Waals surface area contributed by atoms with Crippen molar-refractivity contribution < 1.29 is 4.79 Å². The van der Waals surface area contributed by atoms with Crippen molar-refractivity contribution in [1.29, 1.82) is 0 Å². The second-order valence-electron chi connectivity index (χ2n) is 6.52. The molecule has 3 heteroatoms. The lowest BCUT2D eigenvalue weighted by Crippen LogP contribution is -2.33. The van der Waals surface area contributed by atoms with Crippen molar-refractivity contribution in [2.24, 2.45) is 0 Å². The van der Waals surface area contributed by atoms with E-state index >= 15 is 0 Å². The van der Waals surface area contributed by atoms with Gasteiger partial charge in [0.05, 0.1) is 0 Å². The summed E-state index contributed by atoms with van der Waals surface area (Å²) < 4.78 is 2.37. The summed E-state index contributed by atoms with van der Waals surface area (Å²) in [5.74, 6) is 0. The molecule has 0 fully saturated rings. The average molecular weight is 308 g/mol. The maximum Gasteiger partial charge on any atom is 0.150 e. The van der Waals surface area contributed by atoms with Crippen LogP contribution in [-0.2, 0) is 19.6 Å². The van der Waals surface area contributed by atoms with E-state index in [1.807, 2.05) is 19.1 Å². The Morgan fingerprint density at radius 1 is 1.09 bits per heavy atom. The number of hydrogen-bond donors (Lipinski definition) is 0. The van der Waals surface area contributed by atoms with Crippen LogP contribution in [0.5, 0.6) is 0 Å². The highest BCUT2D eigenvalue weighted by molar-refractivity contribution is 5.77. The van der Waals surface area contributed by atoms with Gasteiger partial charge >= 0.3 is 0 Å². The Morgan fingerprint density at radius 2 is 1.87 bits per heavy atom. The third-order valence-corrected chi connectivity index (χ3v) is 4.89. The summed E-state index contributed by atoms with van der Waals surface area (Å²) >= 11 is 0. The number of aldehydes is 1. The Labute approximate surface area is 138 Å². The third-order valence-electron chi connectivity index (χ3n) is 4.89. The molecule has 2 heterocycles. The van der Waals surface area contributed by atoms with Crippen LogP contribution in [0.25, 0.3) is 6.08 Å². The predicted molar refractivity (Wildman–Crippen MR) is 94.7 cm³/mol. The third kappa shape index (κ3) is 2.89. The molecular formula is C20H24N2O. The number of aryl methyl sites for hydroxylation is 3. The summed E-state index contributed by atoms with van der Waals surface area (Å²) in [5.41, 5.74) is 8.26. The molecule has 0 saturated carbocycles. The van der Waals surface area contributed by atoms with Crippen LogP contribution in [0.4, 0.5) is 0 Å². The first-order valence-corrected chi connectivity index (χ1v) is 8.12. The fraction of sp³-hybridized carbons (Fsp3) is 0.350. The molecule has 0 aliphatic carbocycles. The number of rotatable bonds is 4. The molecule has 23 heavy (non-hydrogen) atoms. The zero-order valence-corrected chi connectivity index (χ0v) is 14.2. The predicted octanol–water partition coefficient (Wildman–Crippen LogP) is 3.88. The first-order valence-electron chi connectivity index (χ1n) is 8.12. The molecule has 0 unspecified atom stereocenters. The molecule has 1 aliphatic heterocycles. The van der Waals surface area contributed by atoms with E-state index in [0.29, 0.717) is 0 Å². The lowest BCUT2D eigenvalue weighted by molar-refractivity contribution is 0.112. The summed E-state index contributed by atoms with van der Waals surface area (Å²) in [5, 5.41) is 0. The van der Waals surface area contributed by atoms with Crippen molar-refractivity contribution in [2.75, 3.05) is 6.54 Å². The smallest absolute Gasteiger partial charge is 0.150 e. The van der Waals surface area contributed by atoms with Gasteiger partial charge in [0.2, 0.25) is 0 Å². The second kappa shape index (κ2) is 6.17. The molecule has 0 spiro atoms. The SMILES string of the molecule is C=Cc1c(C)cc2n1CCN(Cc1cc(C=O)c(C)cc1C)C2. The summed E-state index contributed by atoms with van der Waals surface area (Å²) in [6.45, 7) is 14.0. The maximum absolute atomic E-state index is 11.2. The number of benzene rings is 1. The summed E-state index contributed by atoms with van der Waals surface area (Å²) in [6, 6.07) is 6.43. The van der Waals surface area contributed by atoms with Crippen LogP contribution in [0.2, 0.25) is 0 Å². The number of nitrogens with zero attached hydrogens (tertiary/aromatic N) is 2. The Kier molecular flexibility index (Phi) is 4.22. The molecule has 0 saturated heterocycles. The van der Waals surface area contributed by atoms with E-state index in [1.54, 1.807) is 0 Å². The largest absolute Gasteiger partial charge is 0.342 e. The van der Waals surface area contributed by atoms with Gasteiger partial charge in [0.15, 0.2) is 0 Å². The second-order valence-corrected chi connectivity index (χ2v) is 6.52. The quantitative estimate of drug-likeness (QED) is 0.801. The average Bonchev–Trinajstić information content (AvgIpc) is 2.84. The normalized spacial score (nSPS) is 14.6. The van der Waals surface area contributed by atoms with Crippen LogP contribution < -0.4 is 0 Å². The van der Waals surface area contributed by atoms with Crippen molar-refractivity contribution in [3.05, 3.63) is 64.0 Å². The molecule has 0 bridgehead atoms. The van der Waals surface area contributed by atoms with Crippen LogP contribution in [0.15, 0.2) is 24.8 Å². The van der Waals surface area contributed by atoms with Crippen molar-refractivity contribution in [3.8, 4) is 0 Å². The van der Waals surface area contributed by atoms with E-state index in [-0.39, 0.29) is 0 Å². The van der Waals surface area contributed by atoms with Gasteiger partial charge in [-0.2, -0.15) is 0 Å². The minimum atomic E-state index is 0.802. The minimum Gasteiger partial charge on any atom is -0.342 e. The van der Waals surface area contributed by atoms with E-state index < -0.39 is 0 Å². The van der Waals surface area contributed by atoms with Gasteiger partial charge < -0.3 is 4.57 Å². The van der Waals surface area contributed by atoms with Gasteiger partial charge in [0.25, 0.3) is 0 Å². The Balaban J connectivity index is 1.83. The molecule has 1 aliphatic rings. The first-order chi connectivity index (χ1) is 11.0. The van der Waals surface area contributed by atoms with Crippen LogP contribution in [-0.4, -0.2) is 22.3 Å². The first kappa shape index (κ1) is 15.8. The van der Waals surface area contributed by atoms with Gasteiger partial charge in [-0.15, -0.1) is 0 Å². The molecule has 1 aromatic carbocycles. The van der Waals surface area contributed by atoms with E-state index in [1.165, 1.54) is 28.1 Å². The fourth-order valence-corrected chi connectivity index (χ4v) is 3.57.